The third-order valence-corrected chi connectivity index (χ3v) is 5.17. The molecule has 172 valence electrons. The Morgan fingerprint density at radius 3 is 2.12 bits per heavy atom. The van der Waals surface area contributed by atoms with E-state index in [1.54, 1.807) is 36.4 Å². The minimum Gasteiger partial charge on any atom is -0.478 e. The summed E-state index contributed by atoms with van der Waals surface area (Å²) in [5.74, 6) is -0.000504. The summed E-state index contributed by atoms with van der Waals surface area (Å²) in [6.45, 7) is 2.23. The lowest BCUT2D eigenvalue weighted by molar-refractivity contribution is 0.0697. The van der Waals surface area contributed by atoms with E-state index in [-0.39, 0.29) is 17.7 Å². The van der Waals surface area contributed by atoms with Crippen molar-refractivity contribution in [2.75, 3.05) is 0 Å². The molecular weight excluding hydrogens is 436 g/mol. The molecule has 0 aliphatic heterocycles. The highest BCUT2D eigenvalue weighted by Crippen LogP contribution is 2.24. The molecule has 0 unspecified atom stereocenters. The van der Waals surface area contributed by atoms with Crippen LogP contribution < -0.4 is 21.7 Å². The first-order valence-corrected chi connectivity index (χ1v) is 10.4. The Bertz CT molecular complexity index is 1510. The van der Waals surface area contributed by atoms with Crippen LogP contribution in [0.3, 0.4) is 0 Å². The van der Waals surface area contributed by atoms with Gasteiger partial charge >= 0.3 is 17.3 Å². The molecule has 3 aromatic carbocycles. The summed E-state index contributed by atoms with van der Waals surface area (Å²) < 4.78 is 8.14. The molecule has 9 nitrogen and oxygen atoms in total. The number of carboxylic acids is 1. The lowest BCUT2D eigenvalue weighted by Crippen LogP contribution is -2.48. The third-order valence-electron chi connectivity index (χ3n) is 5.17. The van der Waals surface area contributed by atoms with Crippen LogP contribution in [0.5, 0.6) is 11.5 Å². The first-order chi connectivity index (χ1) is 16.3. The predicted molar refractivity (Wildman–Crippen MR) is 126 cm³/mol. The number of hydrogen-bond acceptors (Lipinski definition) is 5. The molecule has 2 N–H and O–H groups in total. The van der Waals surface area contributed by atoms with Crippen molar-refractivity contribution in [1.82, 2.24) is 14.1 Å². The van der Waals surface area contributed by atoms with Crippen molar-refractivity contribution < 1.29 is 14.6 Å². The van der Waals surface area contributed by atoms with E-state index >= 15 is 0 Å². The van der Waals surface area contributed by atoms with Crippen LogP contribution in [0.1, 0.15) is 21.5 Å². The summed E-state index contributed by atoms with van der Waals surface area (Å²) in [6.07, 6.45) is 0. The second kappa shape index (κ2) is 9.45. The van der Waals surface area contributed by atoms with Crippen LogP contribution in [0.4, 0.5) is 5.69 Å². The number of nitrogens with one attached hydrogen (secondary N) is 1. The molecule has 0 spiro atoms. The summed E-state index contributed by atoms with van der Waals surface area (Å²) in [7, 11) is 1.41. The molecule has 34 heavy (non-hydrogen) atoms. The number of carboxylic acid groups (broad SMARTS) is 1. The molecular formula is C25H22N4O5. The van der Waals surface area contributed by atoms with Crippen LogP contribution in [-0.2, 0) is 13.6 Å². The van der Waals surface area contributed by atoms with Crippen molar-refractivity contribution in [3.05, 3.63) is 116 Å². The summed E-state index contributed by atoms with van der Waals surface area (Å²) in [6, 6.07) is 20.6. The van der Waals surface area contributed by atoms with Gasteiger partial charge in [0.15, 0.2) is 0 Å². The molecule has 0 radical (unpaired) electrons. The van der Waals surface area contributed by atoms with E-state index in [2.05, 4.69) is 9.98 Å². The smallest absolute Gasteiger partial charge is 0.335 e. The Hall–Kier alpha value is -4.66. The zero-order valence-corrected chi connectivity index (χ0v) is 18.6. The molecule has 4 aromatic rings. The highest BCUT2D eigenvalue weighted by molar-refractivity contribution is 5.87. The van der Waals surface area contributed by atoms with Crippen LogP contribution in [0.25, 0.3) is 0 Å². The van der Waals surface area contributed by atoms with E-state index in [4.69, 9.17) is 9.84 Å². The summed E-state index contributed by atoms with van der Waals surface area (Å²) in [5, 5.41) is 8.98. The van der Waals surface area contributed by atoms with Crippen LogP contribution >= 0.6 is 0 Å². The van der Waals surface area contributed by atoms with E-state index in [9.17, 15) is 14.4 Å². The molecule has 9 heteroatoms. The van der Waals surface area contributed by atoms with E-state index in [1.165, 1.54) is 23.7 Å². The quantitative estimate of drug-likeness (QED) is 0.461. The van der Waals surface area contributed by atoms with Gasteiger partial charge in [-0.25, -0.2) is 23.9 Å². The van der Waals surface area contributed by atoms with Crippen LogP contribution in [0.2, 0.25) is 0 Å². The normalized spacial score (nSPS) is 11.4. The number of benzene rings is 3. The van der Waals surface area contributed by atoms with Gasteiger partial charge in [0.05, 0.1) is 17.8 Å². The minimum atomic E-state index is -1.01. The van der Waals surface area contributed by atoms with Crippen LogP contribution in [0, 0.1) is 6.92 Å². The van der Waals surface area contributed by atoms with Gasteiger partial charge in [-0.3, -0.25) is 9.55 Å². The molecule has 0 fully saturated rings. The third kappa shape index (κ3) is 5.04. The van der Waals surface area contributed by atoms with Crippen LogP contribution in [-0.4, -0.2) is 25.2 Å². The standard InChI is InChI=1S/C25H22N4O5/c1-16-3-5-17(6-4-16)15-29-23(27-24(32)28(2)25(29)33)26-19-9-13-21(14-10-19)34-20-11-7-18(8-12-20)22(30)31/h3-14H,15H2,1-2H3,(H,30,31)(H,26,27,32). The van der Waals surface area contributed by atoms with E-state index in [0.717, 1.165) is 15.7 Å². The molecule has 0 aliphatic carbocycles. The van der Waals surface area contributed by atoms with Gasteiger partial charge in [0.1, 0.15) is 11.5 Å². The number of aryl methyl sites for hydroxylation is 1. The first kappa shape index (κ1) is 22.5. The number of aromatic nitrogens is 3. The molecule has 0 bridgehead atoms. The average molecular weight is 458 g/mol. The topological polar surface area (TPSA) is 119 Å². The van der Waals surface area contributed by atoms with E-state index in [1.807, 2.05) is 31.2 Å². The highest BCUT2D eigenvalue weighted by Gasteiger charge is 2.08. The lowest BCUT2D eigenvalue weighted by atomic mass is 10.1. The van der Waals surface area contributed by atoms with Gasteiger partial charge < -0.3 is 9.84 Å². The van der Waals surface area contributed by atoms with Gasteiger partial charge in [0.25, 0.3) is 0 Å². The maximum Gasteiger partial charge on any atom is 0.335 e. The van der Waals surface area contributed by atoms with Gasteiger partial charge in [-0.15, -0.1) is 0 Å². The average Bonchev–Trinajstić information content (AvgIpc) is 2.83. The fraction of sp³-hybridized carbons (Fsp3) is 0.120. The second-order valence-electron chi connectivity index (χ2n) is 7.70. The van der Waals surface area contributed by atoms with Gasteiger partial charge in [-0.1, -0.05) is 29.8 Å². The Morgan fingerprint density at radius 1 is 0.941 bits per heavy atom. The summed E-state index contributed by atoms with van der Waals surface area (Å²) >= 11 is 0. The zero-order valence-electron chi connectivity index (χ0n) is 18.6. The molecule has 1 aromatic heterocycles. The SMILES string of the molecule is Cc1ccc(Cn2c(=O)n(C)c(=O)[nH]/c2=N\c2ccc(Oc3ccc(C(=O)O)cc3)cc2)cc1. The van der Waals surface area contributed by atoms with Crippen LogP contribution in [0.15, 0.2) is 87.4 Å². The number of ether oxygens (including phenoxy) is 1. The zero-order chi connectivity index (χ0) is 24.2. The largest absolute Gasteiger partial charge is 0.478 e. The van der Waals surface area contributed by atoms with Crippen molar-refractivity contribution >= 4 is 11.7 Å². The number of rotatable bonds is 6. The van der Waals surface area contributed by atoms with E-state index < -0.39 is 17.3 Å². The first-order valence-electron chi connectivity index (χ1n) is 10.4. The van der Waals surface area contributed by atoms with Gasteiger partial charge in [-0.2, -0.15) is 0 Å². The Kier molecular flexibility index (Phi) is 6.26. The Labute approximate surface area is 193 Å². The predicted octanol–water partition coefficient (Wildman–Crippen LogP) is 2.95. The maximum atomic E-state index is 12.8. The summed E-state index contributed by atoms with van der Waals surface area (Å²) in [4.78, 5) is 43.1. The number of H-pyrrole nitrogens is 1. The maximum absolute atomic E-state index is 12.8. The Balaban J connectivity index is 1.64. The lowest BCUT2D eigenvalue weighted by Gasteiger charge is -2.09. The number of carbonyl (C=O) groups is 1. The molecule has 1 heterocycles. The molecule has 0 amide bonds. The molecule has 0 saturated heterocycles. The number of aromatic carboxylic acids is 1. The van der Waals surface area contributed by atoms with Gasteiger partial charge in [0, 0.05) is 7.05 Å². The van der Waals surface area contributed by atoms with Crippen molar-refractivity contribution in [1.29, 1.82) is 0 Å². The molecule has 0 atom stereocenters. The van der Waals surface area contributed by atoms with E-state index in [0.29, 0.717) is 17.2 Å². The number of nitrogens with zero attached hydrogens (tertiary/aromatic N) is 3. The van der Waals surface area contributed by atoms with Gasteiger partial charge in [-0.05, 0) is 61.0 Å². The molecule has 0 saturated carbocycles. The summed E-state index contributed by atoms with van der Waals surface area (Å²) in [5.41, 5.74) is 1.77. The highest BCUT2D eigenvalue weighted by atomic mass is 16.5. The fourth-order valence-electron chi connectivity index (χ4n) is 3.23. The molecule has 4 rings (SSSR count). The minimum absolute atomic E-state index is 0.131. The number of aromatic amines is 1. The number of hydrogen-bond donors (Lipinski definition) is 2. The van der Waals surface area contributed by atoms with Crippen molar-refractivity contribution in [2.24, 2.45) is 12.0 Å². The van der Waals surface area contributed by atoms with Gasteiger partial charge in [0.2, 0.25) is 5.62 Å². The second-order valence-corrected chi connectivity index (χ2v) is 7.70. The fourth-order valence-corrected chi connectivity index (χ4v) is 3.23. The van der Waals surface area contributed by atoms with Crippen molar-refractivity contribution in [3.63, 3.8) is 0 Å². The van der Waals surface area contributed by atoms with Crippen molar-refractivity contribution in [3.8, 4) is 11.5 Å². The molecule has 0 aliphatic rings. The monoisotopic (exact) mass is 458 g/mol. The Morgan fingerprint density at radius 2 is 1.53 bits per heavy atom. The van der Waals surface area contributed by atoms with Crippen molar-refractivity contribution in [2.45, 2.75) is 13.5 Å².